The van der Waals surface area contributed by atoms with E-state index in [1.54, 1.807) is 24.2 Å². The van der Waals surface area contributed by atoms with Gasteiger partial charge >= 0.3 is 6.01 Å². The molecule has 0 fully saturated rings. The first-order valence-corrected chi connectivity index (χ1v) is 7.46. The highest BCUT2D eigenvalue weighted by molar-refractivity contribution is 5.92. The minimum atomic E-state index is -0.228. The third-order valence-electron chi connectivity index (χ3n) is 4.00. The predicted octanol–water partition coefficient (Wildman–Crippen LogP) is 0.391. The van der Waals surface area contributed by atoms with E-state index in [0.29, 0.717) is 19.5 Å². The van der Waals surface area contributed by atoms with Gasteiger partial charge in [0, 0.05) is 38.5 Å². The van der Waals surface area contributed by atoms with Crippen LogP contribution >= 0.6 is 0 Å². The zero-order valence-electron chi connectivity index (χ0n) is 13.8. The molecule has 1 aliphatic rings. The Morgan fingerprint density at radius 3 is 2.67 bits per heavy atom. The van der Waals surface area contributed by atoms with Gasteiger partial charge in [-0.3, -0.25) is 9.59 Å². The summed E-state index contributed by atoms with van der Waals surface area (Å²) in [6.07, 6.45) is 2.41. The topological polar surface area (TPSA) is 86.6 Å². The average Bonchev–Trinajstić information content (AvgIpc) is 2.61. The van der Waals surface area contributed by atoms with Gasteiger partial charge in [-0.25, -0.2) is 0 Å². The SMILES string of the molecule is COc1cc(C(=O)N2CCc3cc(=O)n(C)cc3C2)nc(OC)n1. The lowest BCUT2D eigenvalue weighted by Gasteiger charge is -2.28. The summed E-state index contributed by atoms with van der Waals surface area (Å²) in [5.74, 6) is 0.0403. The Morgan fingerprint density at radius 1 is 1.17 bits per heavy atom. The van der Waals surface area contributed by atoms with E-state index in [1.807, 2.05) is 0 Å². The number of amides is 1. The van der Waals surface area contributed by atoms with Gasteiger partial charge in [-0.15, -0.1) is 0 Å². The molecule has 1 aliphatic heterocycles. The average molecular weight is 330 g/mol. The van der Waals surface area contributed by atoms with Crippen LogP contribution in [0.15, 0.2) is 23.1 Å². The number of nitrogens with zero attached hydrogens (tertiary/aromatic N) is 4. The zero-order chi connectivity index (χ0) is 17.3. The maximum atomic E-state index is 12.8. The van der Waals surface area contributed by atoms with Crippen LogP contribution < -0.4 is 15.0 Å². The molecule has 3 heterocycles. The fraction of sp³-hybridized carbons (Fsp3) is 0.375. The Hall–Kier alpha value is -2.90. The van der Waals surface area contributed by atoms with Crippen molar-refractivity contribution in [3.63, 3.8) is 0 Å². The summed E-state index contributed by atoms with van der Waals surface area (Å²) in [5, 5.41) is 0. The Labute approximate surface area is 138 Å². The number of rotatable bonds is 3. The van der Waals surface area contributed by atoms with Crippen LogP contribution in [-0.4, -0.2) is 46.1 Å². The third kappa shape index (κ3) is 2.94. The summed E-state index contributed by atoms with van der Waals surface area (Å²) in [7, 11) is 4.60. The number of methoxy groups -OCH3 is 2. The lowest BCUT2D eigenvalue weighted by atomic mass is 10.0. The molecule has 8 heteroatoms. The van der Waals surface area contributed by atoms with E-state index in [2.05, 4.69) is 9.97 Å². The molecule has 24 heavy (non-hydrogen) atoms. The van der Waals surface area contributed by atoms with Crippen LogP contribution in [0, 0.1) is 0 Å². The van der Waals surface area contributed by atoms with E-state index >= 15 is 0 Å². The van der Waals surface area contributed by atoms with Gasteiger partial charge in [-0.1, -0.05) is 0 Å². The standard InChI is InChI=1S/C16H18N4O4/c1-19-8-11-9-20(5-4-10(11)6-14(19)21)15(22)12-7-13(23-2)18-16(17-12)24-3/h6-8H,4-5,9H2,1-3H3. The Balaban J connectivity index is 1.89. The van der Waals surface area contributed by atoms with Crippen molar-refractivity contribution in [1.29, 1.82) is 0 Å². The summed E-state index contributed by atoms with van der Waals surface area (Å²) in [5.41, 5.74) is 2.12. The number of hydrogen-bond donors (Lipinski definition) is 0. The van der Waals surface area contributed by atoms with Crippen molar-refractivity contribution in [3.8, 4) is 11.9 Å². The molecule has 0 unspecified atom stereocenters. The quantitative estimate of drug-likeness (QED) is 0.809. The van der Waals surface area contributed by atoms with Gasteiger partial charge in [0.25, 0.3) is 11.5 Å². The number of pyridine rings is 1. The molecule has 0 N–H and O–H groups in total. The highest BCUT2D eigenvalue weighted by Gasteiger charge is 2.24. The lowest BCUT2D eigenvalue weighted by Crippen LogP contribution is -2.37. The molecule has 8 nitrogen and oxygen atoms in total. The zero-order valence-corrected chi connectivity index (χ0v) is 13.8. The van der Waals surface area contributed by atoms with Gasteiger partial charge < -0.3 is 18.9 Å². The van der Waals surface area contributed by atoms with Crippen LogP contribution in [-0.2, 0) is 20.0 Å². The predicted molar refractivity (Wildman–Crippen MR) is 85.3 cm³/mol. The van der Waals surface area contributed by atoms with E-state index in [0.717, 1.165) is 11.1 Å². The molecule has 0 spiro atoms. The Kier molecular flexibility index (Phi) is 4.20. The molecular weight excluding hydrogens is 312 g/mol. The van der Waals surface area contributed by atoms with Crippen molar-refractivity contribution in [2.24, 2.45) is 7.05 Å². The number of aryl methyl sites for hydroxylation is 1. The van der Waals surface area contributed by atoms with Gasteiger partial charge in [0.05, 0.1) is 14.2 Å². The van der Waals surface area contributed by atoms with Crippen molar-refractivity contribution >= 4 is 5.91 Å². The maximum Gasteiger partial charge on any atom is 0.320 e. The van der Waals surface area contributed by atoms with Crippen molar-refractivity contribution < 1.29 is 14.3 Å². The smallest absolute Gasteiger partial charge is 0.320 e. The molecule has 2 aromatic heterocycles. The second kappa shape index (κ2) is 6.31. The van der Waals surface area contributed by atoms with Crippen molar-refractivity contribution in [2.75, 3.05) is 20.8 Å². The highest BCUT2D eigenvalue weighted by Crippen LogP contribution is 2.20. The molecule has 2 aromatic rings. The Morgan fingerprint density at radius 2 is 1.96 bits per heavy atom. The van der Waals surface area contributed by atoms with Gasteiger partial charge in [-0.05, 0) is 17.5 Å². The van der Waals surface area contributed by atoms with Crippen LogP contribution in [0.25, 0.3) is 0 Å². The van der Waals surface area contributed by atoms with Crippen LogP contribution in [0.3, 0.4) is 0 Å². The van der Waals surface area contributed by atoms with E-state index < -0.39 is 0 Å². The van der Waals surface area contributed by atoms with Crippen LogP contribution in [0.1, 0.15) is 21.6 Å². The fourth-order valence-corrected chi connectivity index (χ4v) is 2.68. The molecular formula is C16H18N4O4. The van der Waals surface area contributed by atoms with Gasteiger partial charge in [-0.2, -0.15) is 9.97 Å². The van der Waals surface area contributed by atoms with Crippen molar-refractivity contribution in [3.05, 3.63) is 45.5 Å². The molecule has 3 rings (SSSR count). The lowest BCUT2D eigenvalue weighted by molar-refractivity contribution is 0.0726. The van der Waals surface area contributed by atoms with E-state index in [9.17, 15) is 9.59 Å². The largest absolute Gasteiger partial charge is 0.481 e. The van der Waals surface area contributed by atoms with Crippen molar-refractivity contribution in [1.82, 2.24) is 19.4 Å². The fourth-order valence-electron chi connectivity index (χ4n) is 2.68. The Bertz CT molecular complexity index is 824. The second-order valence-corrected chi connectivity index (χ2v) is 5.53. The molecule has 1 amide bonds. The van der Waals surface area contributed by atoms with Gasteiger partial charge in [0.15, 0.2) is 0 Å². The monoisotopic (exact) mass is 330 g/mol. The maximum absolute atomic E-state index is 12.8. The molecule has 0 saturated carbocycles. The van der Waals surface area contributed by atoms with Crippen LogP contribution in [0.5, 0.6) is 11.9 Å². The van der Waals surface area contributed by atoms with Gasteiger partial charge in [0.1, 0.15) is 5.69 Å². The first-order valence-electron chi connectivity index (χ1n) is 7.46. The summed E-state index contributed by atoms with van der Waals surface area (Å²) >= 11 is 0. The number of carbonyl (C=O) groups is 1. The first kappa shape index (κ1) is 16.0. The molecule has 0 bridgehead atoms. The number of fused-ring (bicyclic) bond motifs is 1. The molecule has 0 atom stereocenters. The second-order valence-electron chi connectivity index (χ2n) is 5.53. The molecule has 0 radical (unpaired) electrons. The number of hydrogen-bond acceptors (Lipinski definition) is 6. The van der Waals surface area contributed by atoms with E-state index in [1.165, 1.54) is 24.9 Å². The summed E-state index contributed by atoms with van der Waals surface area (Å²) in [6, 6.07) is 3.20. The van der Waals surface area contributed by atoms with Crippen molar-refractivity contribution in [2.45, 2.75) is 13.0 Å². The molecule has 0 aromatic carbocycles. The van der Waals surface area contributed by atoms with Crippen LogP contribution in [0.2, 0.25) is 0 Å². The summed E-state index contributed by atoms with van der Waals surface area (Å²) in [6.45, 7) is 0.949. The van der Waals surface area contributed by atoms with Crippen LogP contribution in [0.4, 0.5) is 0 Å². The number of carbonyl (C=O) groups excluding carboxylic acids is 1. The highest BCUT2D eigenvalue weighted by atomic mass is 16.5. The van der Waals surface area contributed by atoms with E-state index in [4.69, 9.17) is 9.47 Å². The molecule has 0 saturated heterocycles. The minimum Gasteiger partial charge on any atom is -0.481 e. The number of ether oxygens (including phenoxy) is 2. The number of aromatic nitrogens is 3. The first-order chi connectivity index (χ1) is 11.5. The summed E-state index contributed by atoms with van der Waals surface area (Å²) in [4.78, 5) is 34.2. The molecule has 126 valence electrons. The van der Waals surface area contributed by atoms with E-state index in [-0.39, 0.29) is 29.1 Å². The molecule has 0 aliphatic carbocycles. The third-order valence-corrected chi connectivity index (χ3v) is 4.00. The normalized spacial score (nSPS) is 13.4. The minimum absolute atomic E-state index is 0.0428. The van der Waals surface area contributed by atoms with Gasteiger partial charge in [0.2, 0.25) is 5.88 Å². The summed E-state index contributed by atoms with van der Waals surface area (Å²) < 4.78 is 11.6.